The Morgan fingerprint density at radius 2 is 1.23 bits per heavy atom. The van der Waals surface area contributed by atoms with Gasteiger partial charge < -0.3 is 28.4 Å². The first-order valence-corrected chi connectivity index (χ1v) is 19.9. The van der Waals surface area contributed by atoms with Gasteiger partial charge >= 0.3 is 11.9 Å². The Morgan fingerprint density at radius 3 is 1.62 bits per heavy atom. The van der Waals surface area contributed by atoms with Gasteiger partial charge in [0.2, 0.25) is 5.91 Å². The quantitative estimate of drug-likeness (QED) is 0.205. The number of hydrogen-bond donors (Lipinski definition) is 1. The monoisotopic (exact) mass is 589 g/mol. The second kappa shape index (κ2) is 15.6. The first-order chi connectivity index (χ1) is 18.2. The van der Waals surface area contributed by atoms with Crippen molar-refractivity contribution in [1.29, 1.82) is 0 Å². The van der Waals surface area contributed by atoms with Crippen LogP contribution in [0, 0.1) is 5.41 Å². The highest BCUT2D eigenvalue weighted by Gasteiger charge is 2.55. The van der Waals surface area contributed by atoms with Crippen LogP contribution >= 0.6 is 0 Å². The van der Waals surface area contributed by atoms with Gasteiger partial charge in [0.05, 0.1) is 24.2 Å². The Labute approximate surface area is 238 Å². The SMILES string of the molecule is CCOC(=O)[C@@H]1O[C@H](COC(=O)C(C)(C)C)[C@@H](O[Si](CC)(CC)CC)[C@H](O[Si](CC)(CC)CC)[C@H]1NC(C)=O. The highest BCUT2D eigenvalue weighted by Crippen LogP contribution is 2.36. The van der Waals surface area contributed by atoms with Gasteiger partial charge in [0.1, 0.15) is 18.8 Å². The molecule has 1 aliphatic heterocycles. The molecule has 1 heterocycles. The zero-order valence-electron chi connectivity index (χ0n) is 26.3. The van der Waals surface area contributed by atoms with Crippen LogP contribution in [0.4, 0.5) is 0 Å². The van der Waals surface area contributed by atoms with Gasteiger partial charge in [-0.2, -0.15) is 0 Å². The van der Waals surface area contributed by atoms with Gasteiger partial charge in [0.15, 0.2) is 22.7 Å². The molecule has 1 aliphatic rings. The molecule has 1 saturated heterocycles. The lowest BCUT2D eigenvalue weighted by Crippen LogP contribution is -2.70. The van der Waals surface area contributed by atoms with Crippen LogP contribution in [0.3, 0.4) is 0 Å². The molecule has 39 heavy (non-hydrogen) atoms. The van der Waals surface area contributed by atoms with Crippen molar-refractivity contribution >= 4 is 34.5 Å². The van der Waals surface area contributed by atoms with Crippen molar-refractivity contribution in [2.75, 3.05) is 13.2 Å². The number of nitrogens with one attached hydrogen (secondary N) is 1. The molecule has 1 amide bonds. The van der Waals surface area contributed by atoms with E-state index >= 15 is 0 Å². The van der Waals surface area contributed by atoms with Crippen molar-refractivity contribution in [3.05, 3.63) is 0 Å². The van der Waals surface area contributed by atoms with Crippen molar-refractivity contribution in [1.82, 2.24) is 5.32 Å². The predicted octanol–water partition coefficient (Wildman–Crippen LogP) is 5.19. The summed E-state index contributed by atoms with van der Waals surface area (Å²) in [6.07, 6.45) is -3.20. The number of carbonyl (C=O) groups is 3. The number of rotatable bonds is 15. The number of carbonyl (C=O) groups excluding carboxylic acids is 3. The van der Waals surface area contributed by atoms with Crippen molar-refractivity contribution < 1.29 is 37.4 Å². The van der Waals surface area contributed by atoms with E-state index in [9.17, 15) is 14.4 Å². The second-order valence-electron chi connectivity index (χ2n) is 11.6. The maximum absolute atomic E-state index is 13.2. The summed E-state index contributed by atoms with van der Waals surface area (Å²) in [5.41, 5.74) is -0.705. The Morgan fingerprint density at radius 1 is 0.769 bits per heavy atom. The lowest BCUT2D eigenvalue weighted by molar-refractivity contribution is -0.208. The first-order valence-electron chi connectivity index (χ1n) is 14.8. The summed E-state index contributed by atoms with van der Waals surface area (Å²) in [6, 6.07) is 4.49. The fraction of sp³-hybridized carbons (Fsp3) is 0.893. The van der Waals surface area contributed by atoms with Gasteiger partial charge in [-0.3, -0.25) is 9.59 Å². The summed E-state index contributed by atoms with van der Waals surface area (Å²) < 4.78 is 31.7. The third-order valence-electron chi connectivity index (χ3n) is 8.21. The van der Waals surface area contributed by atoms with E-state index in [1.165, 1.54) is 6.92 Å². The summed E-state index contributed by atoms with van der Waals surface area (Å²) in [5, 5.41) is 2.96. The molecular formula is C28H55NO8Si2. The van der Waals surface area contributed by atoms with E-state index in [0.717, 1.165) is 36.3 Å². The Bertz CT molecular complexity index is 778. The zero-order chi connectivity index (χ0) is 30.0. The van der Waals surface area contributed by atoms with Gasteiger partial charge in [0, 0.05) is 6.92 Å². The highest BCUT2D eigenvalue weighted by atomic mass is 28.4. The third kappa shape index (κ3) is 9.38. The number of amides is 1. The van der Waals surface area contributed by atoms with E-state index in [4.69, 9.17) is 23.1 Å². The molecule has 0 aromatic rings. The van der Waals surface area contributed by atoms with Gasteiger partial charge in [-0.25, -0.2) is 4.79 Å². The van der Waals surface area contributed by atoms with Crippen LogP contribution in [0.25, 0.3) is 0 Å². The second-order valence-corrected chi connectivity index (χ2v) is 21.0. The summed E-state index contributed by atoms with van der Waals surface area (Å²) in [5.74, 6) is -1.26. The molecule has 1 N–H and O–H groups in total. The van der Waals surface area contributed by atoms with Crippen molar-refractivity contribution in [3.8, 4) is 0 Å². The van der Waals surface area contributed by atoms with E-state index in [1.807, 2.05) is 0 Å². The van der Waals surface area contributed by atoms with E-state index in [2.05, 4.69) is 46.9 Å². The molecule has 0 aromatic heterocycles. The predicted molar refractivity (Wildman–Crippen MR) is 157 cm³/mol. The molecule has 1 fully saturated rings. The minimum Gasteiger partial charge on any atom is -0.464 e. The minimum atomic E-state index is -2.26. The van der Waals surface area contributed by atoms with Crippen LogP contribution in [-0.2, 0) is 37.4 Å². The molecule has 5 atom stereocenters. The summed E-state index contributed by atoms with van der Waals surface area (Å²) in [6.45, 7) is 21.4. The average molecular weight is 590 g/mol. The summed E-state index contributed by atoms with van der Waals surface area (Å²) in [4.78, 5) is 38.5. The fourth-order valence-corrected chi connectivity index (χ4v) is 10.8. The maximum atomic E-state index is 13.2. The smallest absolute Gasteiger partial charge is 0.337 e. The van der Waals surface area contributed by atoms with Crippen LogP contribution < -0.4 is 5.32 Å². The van der Waals surface area contributed by atoms with E-state index in [0.29, 0.717) is 0 Å². The van der Waals surface area contributed by atoms with E-state index in [-0.39, 0.29) is 25.1 Å². The van der Waals surface area contributed by atoms with Crippen LogP contribution in [-0.4, -0.2) is 78.2 Å². The highest BCUT2D eigenvalue weighted by molar-refractivity contribution is 6.74. The third-order valence-corrected chi connectivity index (χ3v) is 17.5. The maximum Gasteiger partial charge on any atom is 0.337 e. The van der Waals surface area contributed by atoms with Crippen molar-refractivity contribution in [2.24, 2.45) is 5.41 Å². The molecule has 0 aliphatic carbocycles. The lowest BCUT2D eigenvalue weighted by atomic mass is 9.92. The molecule has 228 valence electrons. The molecule has 0 unspecified atom stereocenters. The summed E-state index contributed by atoms with van der Waals surface area (Å²) in [7, 11) is -4.50. The molecule has 9 nitrogen and oxygen atoms in total. The lowest BCUT2D eigenvalue weighted by Gasteiger charge is -2.50. The van der Waals surface area contributed by atoms with E-state index in [1.54, 1.807) is 27.7 Å². The molecule has 0 spiro atoms. The van der Waals surface area contributed by atoms with Crippen LogP contribution in [0.5, 0.6) is 0 Å². The van der Waals surface area contributed by atoms with Crippen LogP contribution in [0.1, 0.15) is 76.2 Å². The molecule has 0 saturated carbocycles. The topological polar surface area (TPSA) is 109 Å². The van der Waals surface area contributed by atoms with Crippen molar-refractivity contribution in [3.63, 3.8) is 0 Å². The van der Waals surface area contributed by atoms with Crippen LogP contribution in [0.15, 0.2) is 0 Å². The standard InChI is InChI=1S/C28H55NO8Si2/c1-12-33-26(31)25-22(29-20(8)30)24(37-39(16-5,17-6)18-7)23(36-38(13-2,14-3)15-4)21(35-25)19-34-27(32)28(9,10)11/h21-25H,12-19H2,1-11H3,(H,29,30)/t21-,22-,23-,24-,25-/m1/s1. The first kappa shape index (κ1) is 35.8. The number of hydrogen-bond acceptors (Lipinski definition) is 8. The average Bonchev–Trinajstić information content (AvgIpc) is 2.90. The molecule has 0 bridgehead atoms. The normalized spacial score (nSPS) is 24.2. The largest absolute Gasteiger partial charge is 0.464 e. The number of esters is 2. The van der Waals surface area contributed by atoms with Crippen LogP contribution in [0.2, 0.25) is 36.3 Å². The molecule has 0 radical (unpaired) electrons. The van der Waals surface area contributed by atoms with Gasteiger partial charge in [-0.05, 0) is 64.0 Å². The van der Waals surface area contributed by atoms with E-state index < -0.39 is 58.5 Å². The molecule has 11 heteroatoms. The van der Waals surface area contributed by atoms with Crippen molar-refractivity contribution in [2.45, 2.75) is 143 Å². The Hall–Kier alpha value is -1.28. The van der Waals surface area contributed by atoms with Gasteiger partial charge in [-0.15, -0.1) is 0 Å². The summed E-state index contributed by atoms with van der Waals surface area (Å²) >= 11 is 0. The Kier molecular flexibility index (Phi) is 14.3. The zero-order valence-corrected chi connectivity index (χ0v) is 28.3. The van der Waals surface area contributed by atoms with Gasteiger partial charge in [0.25, 0.3) is 0 Å². The number of ether oxygens (including phenoxy) is 3. The fourth-order valence-electron chi connectivity index (χ4n) is 5.13. The molecule has 0 aromatic carbocycles. The Balaban J connectivity index is 3.78. The van der Waals surface area contributed by atoms with Gasteiger partial charge in [-0.1, -0.05) is 41.5 Å². The minimum absolute atomic E-state index is 0.0934. The molecule has 1 rings (SSSR count). The molecular weight excluding hydrogens is 534 g/mol.